The Kier molecular flexibility index (Phi) is 4.35. The zero-order chi connectivity index (χ0) is 13.7. The fourth-order valence-corrected chi connectivity index (χ4v) is 2.26. The van der Waals surface area contributed by atoms with E-state index < -0.39 is 6.09 Å². The van der Waals surface area contributed by atoms with E-state index in [1.807, 2.05) is 36.0 Å². The van der Waals surface area contributed by atoms with Crippen molar-refractivity contribution in [3.05, 3.63) is 40.8 Å². The summed E-state index contributed by atoms with van der Waals surface area (Å²) in [7, 11) is 1.34. The predicted octanol–water partition coefficient (Wildman–Crippen LogP) is 3.49. The standard InChI is InChI=1S/C13H15N3O2S/c1-9(12-7-19-8-14-12)15-10-4-3-5-11(6-10)16-13(17)18-2/h3-9,15H,1-2H3,(H,16,17). The average molecular weight is 277 g/mol. The van der Waals surface area contributed by atoms with Gasteiger partial charge in [-0.3, -0.25) is 5.32 Å². The largest absolute Gasteiger partial charge is 0.453 e. The third kappa shape index (κ3) is 3.69. The van der Waals surface area contributed by atoms with Gasteiger partial charge in [0, 0.05) is 16.8 Å². The minimum absolute atomic E-state index is 0.111. The first kappa shape index (κ1) is 13.4. The molecule has 0 aliphatic carbocycles. The maximum Gasteiger partial charge on any atom is 0.411 e. The summed E-state index contributed by atoms with van der Waals surface area (Å²) in [5, 5.41) is 7.96. The molecule has 1 atom stereocenters. The summed E-state index contributed by atoms with van der Waals surface area (Å²) in [6.45, 7) is 2.04. The molecule has 0 aliphatic heterocycles. The number of methoxy groups -OCH3 is 1. The van der Waals surface area contributed by atoms with Crippen molar-refractivity contribution in [1.29, 1.82) is 0 Å². The molecule has 2 rings (SSSR count). The summed E-state index contributed by atoms with van der Waals surface area (Å²) >= 11 is 1.57. The van der Waals surface area contributed by atoms with Gasteiger partial charge in [-0.25, -0.2) is 9.78 Å². The van der Waals surface area contributed by atoms with E-state index in [2.05, 4.69) is 20.4 Å². The highest BCUT2D eigenvalue weighted by Crippen LogP contribution is 2.21. The van der Waals surface area contributed by atoms with Crippen LogP contribution in [0.25, 0.3) is 0 Å². The Labute approximate surface area is 115 Å². The van der Waals surface area contributed by atoms with Crippen LogP contribution in [0.5, 0.6) is 0 Å². The molecule has 1 heterocycles. The molecule has 0 saturated carbocycles. The second-order valence-corrected chi connectivity index (χ2v) is 4.70. The van der Waals surface area contributed by atoms with Crippen LogP contribution in [0.4, 0.5) is 16.2 Å². The van der Waals surface area contributed by atoms with Crippen LogP contribution < -0.4 is 10.6 Å². The van der Waals surface area contributed by atoms with Gasteiger partial charge in [-0.15, -0.1) is 11.3 Å². The second-order valence-electron chi connectivity index (χ2n) is 3.98. The van der Waals surface area contributed by atoms with Gasteiger partial charge >= 0.3 is 6.09 Å². The van der Waals surface area contributed by atoms with Gasteiger partial charge in [-0.05, 0) is 25.1 Å². The zero-order valence-electron chi connectivity index (χ0n) is 10.7. The van der Waals surface area contributed by atoms with Gasteiger partial charge in [0.1, 0.15) is 0 Å². The van der Waals surface area contributed by atoms with E-state index in [9.17, 15) is 4.79 Å². The molecule has 1 aromatic heterocycles. The molecule has 0 bridgehead atoms. The lowest BCUT2D eigenvalue weighted by Crippen LogP contribution is -2.11. The Morgan fingerprint density at radius 2 is 2.21 bits per heavy atom. The van der Waals surface area contributed by atoms with Crippen LogP contribution >= 0.6 is 11.3 Å². The molecule has 1 amide bonds. The van der Waals surface area contributed by atoms with E-state index in [4.69, 9.17) is 0 Å². The van der Waals surface area contributed by atoms with E-state index in [1.54, 1.807) is 17.4 Å². The number of carbonyl (C=O) groups is 1. The molecule has 1 aromatic carbocycles. The number of anilines is 2. The molecule has 5 nitrogen and oxygen atoms in total. The van der Waals surface area contributed by atoms with Crippen LogP contribution in [-0.4, -0.2) is 18.2 Å². The summed E-state index contributed by atoms with van der Waals surface area (Å²) < 4.78 is 4.55. The number of benzene rings is 1. The van der Waals surface area contributed by atoms with Gasteiger partial charge in [0.2, 0.25) is 0 Å². The average Bonchev–Trinajstić information content (AvgIpc) is 2.93. The minimum Gasteiger partial charge on any atom is -0.453 e. The van der Waals surface area contributed by atoms with Gasteiger partial charge in [-0.2, -0.15) is 0 Å². The third-order valence-corrected chi connectivity index (χ3v) is 3.18. The second kappa shape index (κ2) is 6.19. The van der Waals surface area contributed by atoms with Crippen LogP contribution in [0.3, 0.4) is 0 Å². The lowest BCUT2D eigenvalue weighted by Gasteiger charge is -2.14. The highest BCUT2D eigenvalue weighted by atomic mass is 32.1. The molecule has 0 fully saturated rings. The Morgan fingerprint density at radius 1 is 1.42 bits per heavy atom. The SMILES string of the molecule is COC(=O)Nc1cccc(NC(C)c2cscn2)c1. The van der Waals surface area contributed by atoms with Gasteiger partial charge in [0.05, 0.1) is 24.4 Å². The van der Waals surface area contributed by atoms with Crippen molar-refractivity contribution in [1.82, 2.24) is 4.98 Å². The highest BCUT2D eigenvalue weighted by molar-refractivity contribution is 7.07. The lowest BCUT2D eigenvalue weighted by atomic mass is 10.2. The van der Waals surface area contributed by atoms with E-state index in [1.165, 1.54) is 7.11 Å². The number of rotatable bonds is 4. The first-order valence-corrected chi connectivity index (χ1v) is 6.73. The fraction of sp³-hybridized carbons (Fsp3) is 0.231. The number of nitrogens with one attached hydrogen (secondary N) is 2. The number of hydrogen-bond acceptors (Lipinski definition) is 5. The lowest BCUT2D eigenvalue weighted by molar-refractivity contribution is 0.187. The monoisotopic (exact) mass is 277 g/mol. The molecule has 0 aliphatic rings. The number of hydrogen-bond donors (Lipinski definition) is 2. The van der Waals surface area contributed by atoms with E-state index in [0.29, 0.717) is 5.69 Å². The molecule has 2 aromatic rings. The van der Waals surface area contributed by atoms with Gasteiger partial charge in [-0.1, -0.05) is 6.07 Å². The maximum atomic E-state index is 11.1. The molecule has 0 radical (unpaired) electrons. The number of ether oxygens (including phenoxy) is 1. The predicted molar refractivity (Wildman–Crippen MR) is 76.6 cm³/mol. The first-order chi connectivity index (χ1) is 9.19. The molecule has 1 unspecified atom stereocenters. The van der Waals surface area contributed by atoms with Crippen molar-refractivity contribution in [2.24, 2.45) is 0 Å². The van der Waals surface area contributed by atoms with Gasteiger partial charge < -0.3 is 10.1 Å². The Balaban J connectivity index is 2.04. The van der Waals surface area contributed by atoms with Crippen LogP contribution in [0.1, 0.15) is 18.7 Å². The fourth-order valence-electron chi connectivity index (χ4n) is 1.62. The van der Waals surface area contributed by atoms with Gasteiger partial charge in [0.25, 0.3) is 0 Å². The van der Waals surface area contributed by atoms with Crippen molar-refractivity contribution in [2.45, 2.75) is 13.0 Å². The molecule has 100 valence electrons. The van der Waals surface area contributed by atoms with Gasteiger partial charge in [0.15, 0.2) is 0 Å². The van der Waals surface area contributed by atoms with Crippen molar-refractivity contribution >= 4 is 28.8 Å². The summed E-state index contributed by atoms with van der Waals surface area (Å²) in [5.74, 6) is 0. The summed E-state index contributed by atoms with van der Waals surface area (Å²) in [6, 6.07) is 7.56. The van der Waals surface area contributed by atoms with Crippen molar-refractivity contribution < 1.29 is 9.53 Å². The number of aromatic nitrogens is 1. The summed E-state index contributed by atoms with van der Waals surface area (Å²) in [4.78, 5) is 15.4. The summed E-state index contributed by atoms with van der Waals surface area (Å²) in [6.07, 6.45) is -0.482. The zero-order valence-corrected chi connectivity index (χ0v) is 11.5. The Morgan fingerprint density at radius 3 is 2.89 bits per heavy atom. The number of thiazole rings is 1. The highest BCUT2D eigenvalue weighted by Gasteiger charge is 2.08. The number of nitrogens with zero attached hydrogens (tertiary/aromatic N) is 1. The van der Waals surface area contributed by atoms with Crippen molar-refractivity contribution in [2.75, 3.05) is 17.7 Å². The van der Waals surface area contributed by atoms with Crippen molar-refractivity contribution in [3.63, 3.8) is 0 Å². The molecular weight excluding hydrogens is 262 g/mol. The third-order valence-electron chi connectivity index (χ3n) is 2.57. The van der Waals surface area contributed by atoms with Crippen LogP contribution in [0.15, 0.2) is 35.2 Å². The Hall–Kier alpha value is -2.08. The smallest absolute Gasteiger partial charge is 0.411 e. The molecule has 19 heavy (non-hydrogen) atoms. The van der Waals surface area contributed by atoms with E-state index >= 15 is 0 Å². The first-order valence-electron chi connectivity index (χ1n) is 5.78. The molecule has 6 heteroatoms. The topological polar surface area (TPSA) is 63.2 Å². The Bertz CT molecular complexity index is 543. The molecular formula is C13H15N3O2S. The van der Waals surface area contributed by atoms with Crippen LogP contribution in [0, 0.1) is 0 Å². The number of amides is 1. The normalized spacial score (nSPS) is 11.7. The summed E-state index contributed by atoms with van der Waals surface area (Å²) in [5.41, 5.74) is 4.40. The van der Waals surface area contributed by atoms with E-state index in [-0.39, 0.29) is 6.04 Å². The minimum atomic E-state index is -0.482. The van der Waals surface area contributed by atoms with Crippen LogP contribution in [-0.2, 0) is 4.74 Å². The molecule has 2 N–H and O–H groups in total. The number of carbonyl (C=O) groups excluding carboxylic acids is 1. The van der Waals surface area contributed by atoms with Crippen molar-refractivity contribution in [3.8, 4) is 0 Å². The quantitative estimate of drug-likeness (QED) is 0.898. The molecule has 0 spiro atoms. The van der Waals surface area contributed by atoms with E-state index in [0.717, 1.165) is 11.4 Å². The van der Waals surface area contributed by atoms with Crippen LogP contribution in [0.2, 0.25) is 0 Å². The molecule has 0 saturated heterocycles. The maximum absolute atomic E-state index is 11.1.